The summed E-state index contributed by atoms with van der Waals surface area (Å²) in [5, 5.41) is 3.66. The number of fused-ring (bicyclic) bond motifs is 1. The fraction of sp³-hybridized carbons (Fsp3) is 0.350. The molecule has 0 saturated heterocycles. The van der Waals surface area contributed by atoms with E-state index >= 15 is 0 Å². The molecule has 0 fully saturated rings. The van der Waals surface area contributed by atoms with Crippen molar-refractivity contribution >= 4 is 17.0 Å². The van der Waals surface area contributed by atoms with Crippen LogP contribution in [-0.2, 0) is 11.2 Å². The third-order valence-electron chi connectivity index (χ3n) is 4.38. The van der Waals surface area contributed by atoms with Gasteiger partial charge in [0.25, 0.3) is 5.91 Å². The van der Waals surface area contributed by atoms with Gasteiger partial charge in [0.05, 0.1) is 6.04 Å². The molecule has 2 aromatic heterocycles. The van der Waals surface area contributed by atoms with Gasteiger partial charge >= 0.3 is 0 Å². The molecule has 2 heterocycles. The maximum absolute atomic E-state index is 12.3. The van der Waals surface area contributed by atoms with Crippen LogP contribution >= 0.6 is 0 Å². The predicted octanol–water partition coefficient (Wildman–Crippen LogP) is 3.66. The minimum absolute atomic E-state index is 0.0955. The van der Waals surface area contributed by atoms with Crippen molar-refractivity contribution in [3.8, 4) is 5.88 Å². The van der Waals surface area contributed by atoms with Crippen molar-refractivity contribution in [2.24, 2.45) is 0 Å². The van der Waals surface area contributed by atoms with E-state index in [0.717, 1.165) is 22.3 Å². The molecule has 3 rings (SSSR count). The van der Waals surface area contributed by atoms with Crippen LogP contribution in [0.3, 0.4) is 0 Å². The van der Waals surface area contributed by atoms with Crippen molar-refractivity contribution in [3.05, 3.63) is 53.0 Å². The number of nitrogens with one attached hydrogen (secondary N) is 1. The second-order valence-electron chi connectivity index (χ2n) is 6.25. The van der Waals surface area contributed by atoms with Crippen LogP contribution in [0.4, 0.5) is 0 Å². The first kappa shape index (κ1) is 17.9. The van der Waals surface area contributed by atoms with Gasteiger partial charge in [-0.25, -0.2) is 0 Å². The van der Waals surface area contributed by atoms with E-state index in [1.54, 1.807) is 0 Å². The summed E-state index contributed by atoms with van der Waals surface area (Å²) >= 11 is 0. The summed E-state index contributed by atoms with van der Waals surface area (Å²) in [4.78, 5) is 21.1. The lowest BCUT2D eigenvalue weighted by Gasteiger charge is -2.14. The second kappa shape index (κ2) is 7.56. The summed E-state index contributed by atoms with van der Waals surface area (Å²) in [6.45, 7) is 7.59. The van der Waals surface area contributed by atoms with Gasteiger partial charge in [-0.3, -0.25) is 4.79 Å². The zero-order valence-corrected chi connectivity index (χ0v) is 15.5. The summed E-state index contributed by atoms with van der Waals surface area (Å²) in [6.07, 6.45) is 0.655. The lowest BCUT2D eigenvalue weighted by Crippen LogP contribution is -2.31. The van der Waals surface area contributed by atoms with Gasteiger partial charge in [0.1, 0.15) is 17.0 Å². The Morgan fingerprint density at radius 3 is 2.65 bits per heavy atom. The van der Waals surface area contributed by atoms with E-state index in [0.29, 0.717) is 23.8 Å². The highest BCUT2D eigenvalue weighted by Crippen LogP contribution is 2.30. The number of carbonyl (C=O) groups excluding carboxylic acids is 1. The molecule has 1 amide bonds. The highest BCUT2D eigenvalue weighted by Gasteiger charge is 2.18. The van der Waals surface area contributed by atoms with E-state index in [4.69, 9.17) is 9.15 Å². The summed E-state index contributed by atoms with van der Waals surface area (Å²) in [7, 11) is 0. The molecule has 0 saturated carbocycles. The third kappa shape index (κ3) is 3.69. The van der Waals surface area contributed by atoms with Gasteiger partial charge in [-0.05, 0) is 26.3 Å². The molecular weight excluding hydrogens is 330 g/mol. The first-order valence-electron chi connectivity index (χ1n) is 8.73. The zero-order valence-electron chi connectivity index (χ0n) is 15.5. The Balaban J connectivity index is 1.74. The Bertz CT molecular complexity index is 919. The Labute approximate surface area is 152 Å². The average molecular weight is 353 g/mol. The normalized spacial score (nSPS) is 12.2. The number of furan rings is 1. The highest BCUT2D eigenvalue weighted by atomic mass is 16.5. The third-order valence-corrected chi connectivity index (χ3v) is 4.38. The summed E-state index contributed by atoms with van der Waals surface area (Å²) < 4.78 is 11.4. The van der Waals surface area contributed by atoms with Crippen LogP contribution in [-0.4, -0.2) is 22.5 Å². The predicted molar refractivity (Wildman–Crippen MR) is 99.2 cm³/mol. The first-order valence-corrected chi connectivity index (χ1v) is 8.73. The Kier molecular flexibility index (Phi) is 5.21. The Morgan fingerprint density at radius 1 is 1.23 bits per heavy atom. The van der Waals surface area contributed by atoms with Gasteiger partial charge in [0.2, 0.25) is 11.6 Å². The van der Waals surface area contributed by atoms with Crippen LogP contribution in [0.15, 0.2) is 34.7 Å². The minimum atomic E-state index is -0.205. The van der Waals surface area contributed by atoms with Crippen LogP contribution in [0.1, 0.15) is 42.6 Å². The fourth-order valence-corrected chi connectivity index (χ4v) is 2.76. The number of rotatable bonds is 6. The molecule has 1 N–H and O–H groups in total. The number of amides is 1. The van der Waals surface area contributed by atoms with Crippen molar-refractivity contribution < 1.29 is 13.9 Å². The van der Waals surface area contributed by atoms with Gasteiger partial charge in [0.15, 0.2) is 6.61 Å². The Morgan fingerprint density at radius 2 is 1.96 bits per heavy atom. The van der Waals surface area contributed by atoms with Crippen LogP contribution in [0.2, 0.25) is 0 Å². The van der Waals surface area contributed by atoms with E-state index in [2.05, 4.69) is 15.3 Å². The summed E-state index contributed by atoms with van der Waals surface area (Å²) in [5.74, 6) is 1.58. The van der Waals surface area contributed by atoms with Crippen molar-refractivity contribution in [3.63, 3.8) is 0 Å². The van der Waals surface area contributed by atoms with Crippen molar-refractivity contribution in [2.45, 2.75) is 40.2 Å². The molecule has 136 valence electrons. The first-order chi connectivity index (χ1) is 12.5. The molecule has 0 radical (unpaired) electrons. The van der Waals surface area contributed by atoms with E-state index < -0.39 is 0 Å². The maximum atomic E-state index is 12.3. The maximum Gasteiger partial charge on any atom is 0.258 e. The van der Waals surface area contributed by atoms with Crippen molar-refractivity contribution in [1.29, 1.82) is 0 Å². The van der Waals surface area contributed by atoms with E-state index in [9.17, 15) is 4.79 Å². The van der Waals surface area contributed by atoms with Crippen molar-refractivity contribution in [1.82, 2.24) is 15.3 Å². The number of nitrogens with zero attached hydrogens (tertiary/aromatic N) is 2. The molecule has 0 aliphatic rings. The topological polar surface area (TPSA) is 77.2 Å². The van der Waals surface area contributed by atoms with E-state index in [-0.39, 0.29) is 18.6 Å². The minimum Gasteiger partial charge on any atom is -0.467 e. The molecular formula is C20H23N3O3. The molecule has 0 aliphatic carbocycles. The van der Waals surface area contributed by atoms with E-state index in [1.807, 2.05) is 58.0 Å². The van der Waals surface area contributed by atoms with Crippen molar-refractivity contribution in [2.75, 3.05) is 6.61 Å². The molecule has 0 unspecified atom stereocenters. The zero-order chi connectivity index (χ0) is 18.7. The van der Waals surface area contributed by atoms with Crippen LogP contribution < -0.4 is 10.1 Å². The molecule has 0 spiro atoms. The summed E-state index contributed by atoms with van der Waals surface area (Å²) in [5.41, 5.74) is 2.47. The molecule has 6 heteroatoms. The standard InChI is InChI=1S/C20H23N3O3/c1-5-16-22-19(18-12(2)14(4)26-20(18)23-16)25-11-17(24)21-13(3)15-9-7-6-8-10-15/h6-10,13H,5,11H2,1-4H3,(H,21,24)/t13-/m1/s1. The van der Waals surface area contributed by atoms with Crippen LogP contribution in [0, 0.1) is 13.8 Å². The van der Waals surface area contributed by atoms with Gasteiger partial charge in [-0.15, -0.1) is 0 Å². The smallest absolute Gasteiger partial charge is 0.258 e. The van der Waals surface area contributed by atoms with Gasteiger partial charge in [-0.2, -0.15) is 9.97 Å². The number of ether oxygens (including phenoxy) is 1. The highest BCUT2D eigenvalue weighted by molar-refractivity contribution is 5.85. The van der Waals surface area contributed by atoms with E-state index in [1.165, 1.54) is 0 Å². The van der Waals surface area contributed by atoms with Crippen LogP contribution in [0.25, 0.3) is 11.1 Å². The molecule has 1 aromatic carbocycles. The molecule has 6 nitrogen and oxygen atoms in total. The lowest BCUT2D eigenvalue weighted by atomic mass is 10.1. The number of aromatic nitrogens is 2. The number of aryl methyl sites for hydroxylation is 3. The molecule has 26 heavy (non-hydrogen) atoms. The van der Waals surface area contributed by atoms with Crippen LogP contribution in [0.5, 0.6) is 5.88 Å². The molecule has 3 aromatic rings. The molecule has 0 aliphatic heterocycles. The SMILES string of the molecule is CCc1nc(OCC(=O)N[C@H](C)c2ccccc2)c2c(C)c(C)oc2n1. The second-order valence-corrected chi connectivity index (χ2v) is 6.25. The van der Waals surface area contributed by atoms with Gasteiger partial charge in [-0.1, -0.05) is 37.3 Å². The quantitative estimate of drug-likeness (QED) is 0.732. The number of hydrogen-bond acceptors (Lipinski definition) is 5. The number of benzene rings is 1. The average Bonchev–Trinajstić information content (AvgIpc) is 2.94. The largest absolute Gasteiger partial charge is 0.467 e. The Hall–Kier alpha value is -2.89. The van der Waals surface area contributed by atoms with Gasteiger partial charge in [0, 0.05) is 12.0 Å². The fourth-order valence-electron chi connectivity index (χ4n) is 2.76. The number of hydrogen-bond donors (Lipinski definition) is 1. The monoisotopic (exact) mass is 353 g/mol. The number of carbonyl (C=O) groups is 1. The molecule has 0 bridgehead atoms. The lowest BCUT2D eigenvalue weighted by molar-refractivity contribution is -0.123. The molecule has 1 atom stereocenters. The summed E-state index contributed by atoms with van der Waals surface area (Å²) in [6, 6.07) is 9.70. The van der Waals surface area contributed by atoms with Gasteiger partial charge < -0.3 is 14.5 Å².